The zero-order valence-corrected chi connectivity index (χ0v) is 17.6. The lowest BCUT2D eigenvalue weighted by atomic mass is 10.1. The molecule has 2 amide bonds. The molecule has 1 unspecified atom stereocenters. The summed E-state index contributed by atoms with van der Waals surface area (Å²) in [4.78, 5) is 31.0. The average molecular weight is 429 g/mol. The Morgan fingerprint density at radius 1 is 1.13 bits per heavy atom. The number of anilines is 2. The first-order valence-corrected chi connectivity index (χ1v) is 11.4. The smallest absolute Gasteiger partial charge is 0.243 e. The number of hydrogen-bond acceptors (Lipinski definition) is 5. The number of rotatable bonds is 5. The summed E-state index contributed by atoms with van der Waals surface area (Å²) in [6, 6.07) is 9.96. The first-order valence-electron chi connectivity index (χ1n) is 9.99. The molecule has 2 aromatic rings. The Morgan fingerprint density at radius 2 is 1.83 bits per heavy atom. The maximum absolute atomic E-state index is 12.7. The van der Waals surface area contributed by atoms with Gasteiger partial charge in [0.05, 0.1) is 10.8 Å². The second kappa shape index (κ2) is 8.16. The zero-order valence-electron chi connectivity index (χ0n) is 16.7. The minimum atomic E-state index is -3.50. The number of amides is 2. The number of hydrogen-bond donors (Lipinski definition) is 1. The Bertz CT molecular complexity index is 1060. The normalized spacial score (nSPS) is 20.0. The lowest BCUT2D eigenvalue weighted by molar-refractivity contribution is -0.122. The molecule has 2 fully saturated rings. The molecule has 2 saturated heterocycles. The third-order valence-electron chi connectivity index (χ3n) is 5.60. The molecule has 30 heavy (non-hydrogen) atoms. The van der Waals surface area contributed by atoms with Gasteiger partial charge < -0.3 is 10.2 Å². The lowest BCUT2D eigenvalue weighted by Crippen LogP contribution is -2.29. The number of aryl methyl sites for hydroxylation is 1. The highest BCUT2D eigenvalue weighted by atomic mass is 32.2. The van der Waals surface area contributed by atoms with Gasteiger partial charge >= 0.3 is 0 Å². The van der Waals surface area contributed by atoms with E-state index in [0.29, 0.717) is 24.6 Å². The van der Waals surface area contributed by atoms with Crippen LogP contribution in [0.3, 0.4) is 0 Å². The van der Waals surface area contributed by atoms with Crippen molar-refractivity contribution in [1.82, 2.24) is 9.29 Å². The molecule has 4 rings (SSSR count). The first-order chi connectivity index (χ1) is 14.4. The molecule has 0 radical (unpaired) electrons. The van der Waals surface area contributed by atoms with Gasteiger partial charge in [0.25, 0.3) is 0 Å². The predicted octanol–water partition coefficient (Wildman–Crippen LogP) is 2.17. The van der Waals surface area contributed by atoms with Crippen LogP contribution in [-0.2, 0) is 19.6 Å². The van der Waals surface area contributed by atoms with Crippen molar-refractivity contribution in [2.75, 3.05) is 29.9 Å². The van der Waals surface area contributed by atoms with Crippen LogP contribution < -0.4 is 10.2 Å². The van der Waals surface area contributed by atoms with Gasteiger partial charge in [-0.2, -0.15) is 4.31 Å². The van der Waals surface area contributed by atoms with Crippen LogP contribution >= 0.6 is 0 Å². The molecule has 0 saturated carbocycles. The number of nitrogens with zero attached hydrogens (tertiary/aromatic N) is 3. The second-order valence-electron chi connectivity index (χ2n) is 7.67. The number of aromatic nitrogens is 1. The molecule has 8 nitrogen and oxygen atoms in total. The highest BCUT2D eigenvalue weighted by molar-refractivity contribution is 7.89. The van der Waals surface area contributed by atoms with Gasteiger partial charge in [-0.05, 0) is 55.7 Å². The van der Waals surface area contributed by atoms with E-state index < -0.39 is 15.9 Å². The first kappa shape index (κ1) is 20.5. The average Bonchev–Trinajstić information content (AvgIpc) is 3.40. The number of nitrogens with one attached hydrogen (secondary N) is 1. The SMILES string of the molecule is Cc1cccnc1NC(=O)C1CC(=O)N(c2ccc(S(=O)(=O)N3CCCC3)cc2)C1. The number of pyridine rings is 1. The summed E-state index contributed by atoms with van der Waals surface area (Å²) in [5.74, 6) is -0.416. The van der Waals surface area contributed by atoms with Gasteiger partial charge in [0.2, 0.25) is 21.8 Å². The van der Waals surface area contributed by atoms with Gasteiger partial charge in [-0.25, -0.2) is 13.4 Å². The highest BCUT2D eigenvalue weighted by Crippen LogP contribution is 2.28. The quantitative estimate of drug-likeness (QED) is 0.787. The van der Waals surface area contributed by atoms with E-state index in [0.717, 1.165) is 18.4 Å². The van der Waals surface area contributed by atoms with Crippen molar-refractivity contribution in [1.29, 1.82) is 0 Å². The molecule has 1 atom stereocenters. The van der Waals surface area contributed by atoms with Crippen molar-refractivity contribution in [2.24, 2.45) is 5.92 Å². The van der Waals surface area contributed by atoms with E-state index in [4.69, 9.17) is 0 Å². The third kappa shape index (κ3) is 3.95. The van der Waals surface area contributed by atoms with Crippen LogP contribution in [-0.4, -0.2) is 49.2 Å². The van der Waals surface area contributed by atoms with Gasteiger partial charge in [-0.15, -0.1) is 0 Å². The molecule has 2 aliphatic rings. The molecule has 9 heteroatoms. The van der Waals surface area contributed by atoms with Gasteiger partial charge in [0.15, 0.2) is 0 Å². The Kier molecular flexibility index (Phi) is 5.57. The van der Waals surface area contributed by atoms with E-state index in [1.165, 1.54) is 21.3 Å². The minimum Gasteiger partial charge on any atom is -0.312 e. The van der Waals surface area contributed by atoms with Crippen molar-refractivity contribution in [3.8, 4) is 0 Å². The van der Waals surface area contributed by atoms with Crippen molar-refractivity contribution >= 4 is 33.3 Å². The van der Waals surface area contributed by atoms with Gasteiger partial charge in [-0.3, -0.25) is 9.59 Å². The zero-order chi connectivity index (χ0) is 21.3. The van der Waals surface area contributed by atoms with Crippen LogP contribution in [0.25, 0.3) is 0 Å². The van der Waals surface area contributed by atoms with Crippen LogP contribution in [0.2, 0.25) is 0 Å². The molecule has 1 aromatic carbocycles. The number of carbonyl (C=O) groups excluding carboxylic acids is 2. The molecule has 0 spiro atoms. The molecular weight excluding hydrogens is 404 g/mol. The largest absolute Gasteiger partial charge is 0.312 e. The van der Waals surface area contributed by atoms with E-state index in [1.54, 1.807) is 24.4 Å². The second-order valence-corrected chi connectivity index (χ2v) is 9.61. The summed E-state index contributed by atoms with van der Waals surface area (Å²) in [6.07, 6.45) is 3.46. The number of benzene rings is 1. The third-order valence-corrected chi connectivity index (χ3v) is 7.51. The summed E-state index contributed by atoms with van der Waals surface area (Å²) >= 11 is 0. The Labute approximate surface area is 175 Å². The molecule has 3 heterocycles. The van der Waals surface area contributed by atoms with Gasteiger partial charge in [0, 0.05) is 37.9 Å². The van der Waals surface area contributed by atoms with E-state index >= 15 is 0 Å². The minimum absolute atomic E-state index is 0.103. The summed E-state index contributed by atoms with van der Waals surface area (Å²) in [5, 5.41) is 2.79. The molecule has 158 valence electrons. The standard InChI is InChI=1S/C21H24N4O4S/c1-15-5-4-10-22-20(15)23-21(27)16-13-19(26)25(14-16)17-6-8-18(9-7-17)30(28,29)24-11-2-3-12-24/h4-10,16H,2-3,11-14H2,1H3,(H,22,23,27). The summed E-state index contributed by atoms with van der Waals surface area (Å²) in [7, 11) is -3.50. The lowest BCUT2D eigenvalue weighted by Gasteiger charge is -2.19. The van der Waals surface area contributed by atoms with E-state index in [9.17, 15) is 18.0 Å². The monoisotopic (exact) mass is 428 g/mol. The molecule has 0 aliphatic carbocycles. The number of carbonyl (C=O) groups is 2. The fraction of sp³-hybridized carbons (Fsp3) is 0.381. The van der Waals surface area contributed by atoms with Crippen LogP contribution in [0.1, 0.15) is 24.8 Å². The fourth-order valence-electron chi connectivity index (χ4n) is 3.84. The summed E-state index contributed by atoms with van der Waals surface area (Å²) in [6.45, 7) is 3.18. The maximum atomic E-state index is 12.7. The summed E-state index contributed by atoms with van der Waals surface area (Å²) < 4.78 is 26.8. The van der Waals surface area contributed by atoms with Crippen LogP contribution in [0.4, 0.5) is 11.5 Å². The highest BCUT2D eigenvalue weighted by Gasteiger charge is 2.36. The van der Waals surface area contributed by atoms with Crippen molar-refractivity contribution < 1.29 is 18.0 Å². The predicted molar refractivity (Wildman–Crippen MR) is 112 cm³/mol. The summed E-state index contributed by atoms with van der Waals surface area (Å²) in [5.41, 5.74) is 1.44. The fourth-order valence-corrected chi connectivity index (χ4v) is 5.36. The van der Waals surface area contributed by atoms with Crippen molar-refractivity contribution in [3.63, 3.8) is 0 Å². The Balaban J connectivity index is 1.45. The molecule has 1 N–H and O–H groups in total. The van der Waals surface area contributed by atoms with E-state index in [-0.39, 0.29) is 29.7 Å². The Morgan fingerprint density at radius 3 is 2.50 bits per heavy atom. The molecule has 2 aliphatic heterocycles. The van der Waals surface area contributed by atoms with Gasteiger partial charge in [0.1, 0.15) is 5.82 Å². The molecule has 1 aromatic heterocycles. The van der Waals surface area contributed by atoms with Crippen LogP contribution in [0.15, 0.2) is 47.5 Å². The number of sulfonamides is 1. The molecule has 0 bridgehead atoms. The van der Waals surface area contributed by atoms with Crippen LogP contribution in [0, 0.1) is 12.8 Å². The Hall–Kier alpha value is -2.78. The maximum Gasteiger partial charge on any atom is 0.243 e. The van der Waals surface area contributed by atoms with Crippen molar-refractivity contribution in [3.05, 3.63) is 48.2 Å². The van der Waals surface area contributed by atoms with Gasteiger partial charge in [-0.1, -0.05) is 6.07 Å². The van der Waals surface area contributed by atoms with Crippen molar-refractivity contribution in [2.45, 2.75) is 31.1 Å². The topological polar surface area (TPSA) is 99.7 Å². The van der Waals surface area contributed by atoms with Crippen LogP contribution in [0.5, 0.6) is 0 Å². The van der Waals surface area contributed by atoms with E-state index in [1.807, 2.05) is 13.0 Å². The molecular formula is C21H24N4O4S. The van der Waals surface area contributed by atoms with E-state index in [2.05, 4.69) is 10.3 Å².